The highest BCUT2D eigenvalue weighted by Crippen LogP contribution is 2.38. The number of aliphatic hydroxyl groups is 1. The van der Waals surface area contributed by atoms with Gasteiger partial charge in [0.2, 0.25) is 9.76 Å². The second-order valence-electron chi connectivity index (χ2n) is 10.9. The molecule has 1 unspecified atom stereocenters. The van der Waals surface area contributed by atoms with Crippen molar-refractivity contribution >= 4 is 20.9 Å². The Balaban J connectivity index is 2.16. The first-order valence-corrected chi connectivity index (χ1v) is 14.8. The third-order valence-electron chi connectivity index (χ3n) is 6.46. The number of aliphatic hydroxyl groups excluding tert-OH is 1. The first-order chi connectivity index (χ1) is 17.9. The molecule has 3 heteroatoms. The molecule has 0 aliphatic carbocycles. The Morgan fingerprint density at radius 2 is 1.35 bits per heavy atom. The van der Waals surface area contributed by atoms with E-state index in [4.69, 9.17) is 4.43 Å². The van der Waals surface area contributed by atoms with Crippen molar-refractivity contribution in [3.05, 3.63) is 107 Å². The van der Waals surface area contributed by atoms with Crippen molar-refractivity contribution in [2.45, 2.75) is 90.4 Å². The smallest absolute Gasteiger partial charge is 0.236 e. The molecule has 2 nitrogen and oxygen atoms in total. The Hall–Kier alpha value is -2.46. The van der Waals surface area contributed by atoms with Gasteiger partial charge >= 0.3 is 0 Å². The van der Waals surface area contributed by atoms with Gasteiger partial charge in [-0.15, -0.1) is 0 Å². The molecular formula is C34H44O2Si. The van der Waals surface area contributed by atoms with Gasteiger partial charge in [0.25, 0.3) is 0 Å². The maximum absolute atomic E-state index is 9.92. The van der Waals surface area contributed by atoms with Gasteiger partial charge in [-0.2, -0.15) is 0 Å². The van der Waals surface area contributed by atoms with E-state index in [0.29, 0.717) is 9.76 Å². The topological polar surface area (TPSA) is 29.5 Å². The molecule has 0 bridgehead atoms. The third-order valence-corrected chi connectivity index (χ3v) is 7.48. The summed E-state index contributed by atoms with van der Waals surface area (Å²) in [5.74, 6) is 0. The number of hydrogen-bond donors (Lipinski definition) is 1. The molecule has 0 saturated heterocycles. The first kappa shape index (κ1) is 29.1. The van der Waals surface area contributed by atoms with Crippen LogP contribution in [-0.2, 0) is 11.0 Å². The SMILES string of the molecule is CCCCCCCCC(O[Si]C(C)(C)C)C(=C(c1ccccc1)c1cccc(CO)c1)c1ccccc1. The first-order valence-electron chi connectivity index (χ1n) is 13.9. The van der Waals surface area contributed by atoms with E-state index in [-0.39, 0.29) is 17.7 Å². The highest BCUT2D eigenvalue weighted by molar-refractivity contribution is 6.32. The minimum absolute atomic E-state index is 0.0147. The normalized spacial score (nSPS) is 13.3. The summed E-state index contributed by atoms with van der Waals surface area (Å²) in [6.07, 6.45) is 8.56. The van der Waals surface area contributed by atoms with Crippen molar-refractivity contribution in [2.75, 3.05) is 0 Å². The maximum Gasteiger partial charge on any atom is 0.236 e. The van der Waals surface area contributed by atoms with Crippen LogP contribution in [0.25, 0.3) is 11.1 Å². The zero-order chi connectivity index (χ0) is 26.5. The van der Waals surface area contributed by atoms with Crippen molar-refractivity contribution in [3.8, 4) is 0 Å². The second kappa shape index (κ2) is 15.1. The van der Waals surface area contributed by atoms with E-state index in [1.54, 1.807) is 0 Å². The lowest BCUT2D eigenvalue weighted by Gasteiger charge is -2.28. The van der Waals surface area contributed by atoms with Crippen LogP contribution in [0.15, 0.2) is 84.9 Å². The molecule has 0 aliphatic rings. The van der Waals surface area contributed by atoms with Crippen LogP contribution < -0.4 is 0 Å². The quantitative estimate of drug-likeness (QED) is 0.133. The van der Waals surface area contributed by atoms with E-state index in [9.17, 15) is 5.11 Å². The van der Waals surface area contributed by atoms with Crippen LogP contribution in [0.1, 0.15) is 94.9 Å². The second-order valence-corrected chi connectivity index (χ2v) is 12.8. The zero-order valence-corrected chi connectivity index (χ0v) is 24.2. The van der Waals surface area contributed by atoms with Gasteiger partial charge in [-0.1, -0.05) is 145 Å². The molecule has 1 atom stereocenters. The van der Waals surface area contributed by atoms with Crippen LogP contribution in [-0.4, -0.2) is 21.0 Å². The van der Waals surface area contributed by atoms with Crippen molar-refractivity contribution in [3.63, 3.8) is 0 Å². The van der Waals surface area contributed by atoms with Gasteiger partial charge in [-0.05, 0) is 50.9 Å². The fourth-order valence-corrected chi connectivity index (χ4v) is 5.37. The van der Waals surface area contributed by atoms with E-state index in [2.05, 4.69) is 100 Å². The van der Waals surface area contributed by atoms with Crippen molar-refractivity contribution in [1.82, 2.24) is 0 Å². The largest absolute Gasteiger partial charge is 0.410 e. The van der Waals surface area contributed by atoms with E-state index in [1.807, 2.05) is 12.1 Å². The van der Waals surface area contributed by atoms with Gasteiger partial charge in [0, 0.05) is 0 Å². The zero-order valence-electron chi connectivity index (χ0n) is 23.2. The Morgan fingerprint density at radius 1 is 0.757 bits per heavy atom. The van der Waals surface area contributed by atoms with Crippen LogP contribution in [0.2, 0.25) is 5.04 Å². The van der Waals surface area contributed by atoms with Crippen LogP contribution in [0.3, 0.4) is 0 Å². The number of hydrogen-bond acceptors (Lipinski definition) is 2. The number of unbranched alkanes of at least 4 members (excludes halogenated alkanes) is 5. The average Bonchev–Trinajstić information content (AvgIpc) is 2.91. The fraction of sp³-hybridized carbons (Fsp3) is 0.412. The minimum atomic E-state index is -0.0147. The van der Waals surface area contributed by atoms with Gasteiger partial charge in [0.15, 0.2) is 0 Å². The Morgan fingerprint density at radius 3 is 1.97 bits per heavy atom. The summed E-state index contributed by atoms with van der Waals surface area (Å²) in [4.78, 5) is 0. The van der Waals surface area contributed by atoms with Crippen molar-refractivity contribution in [1.29, 1.82) is 0 Å². The molecule has 0 aliphatic heterocycles. The van der Waals surface area contributed by atoms with Crippen molar-refractivity contribution < 1.29 is 9.53 Å². The highest BCUT2D eigenvalue weighted by Gasteiger charge is 2.25. The molecule has 0 spiro atoms. The van der Waals surface area contributed by atoms with E-state index >= 15 is 0 Å². The molecule has 0 fully saturated rings. The Bertz CT molecular complexity index is 1080. The summed E-state index contributed by atoms with van der Waals surface area (Å²) in [6, 6.07) is 29.7. The predicted molar refractivity (Wildman–Crippen MR) is 159 cm³/mol. The molecule has 0 saturated carbocycles. The van der Waals surface area contributed by atoms with Crippen LogP contribution in [0.4, 0.5) is 0 Å². The molecule has 0 aromatic heterocycles. The van der Waals surface area contributed by atoms with Gasteiger partial charge in [0.1, 0.15) is 0 Å². The standard InChI is InChI=1S/C34H44O2Si/c1-5-6-7-8-9-16-24-31(36-37-34(2,3)4)33(29-21-14-11-15-22-29)32(28-19-12-10-13-20-28)30-23-17-18-27(25-30)26-35/h10-15,17-23,25,31,35H,5-9,16,24,26H2,1-4H3. The summed E-state index contributed by atoms with van der Waals surface area (Å²) >= 11 is 0. The van der Waals surface area contributed by atoms with Crippen LogP contribution in [0.5, 0.6) is 0 Å². The van der Waals surface area contributed by atoms with Crippen LogP contribution >= 0.6 is 0 Å². The molecule has 2 radical (unpaired) electrons. The lowest BCUT2D eigenvalue weighted by atomic mass is 9.85. The monoisotopic (exact) mass is 512 g/mol. The summed E-state index contributed by atoms with van der Waals surface area (Å²) in [7, 11) is 0.403. The van der Waals surface area contributed by atoms with Gasteiger partial charge in [-0.25, -0.2) is 0 Å². The molecule has 0 heterocycles. The van der Waals surface area contributed by atoms with Gasteiger partial charge in [0.05, 0.1) is 12.7 Å². The summed E-state index contributed by atoms with van der Waals surface area (Å²) in [5.41, 5.74) is 6.84. The highest BCUT2D eigenvalue weighted by atomic mass is 28.2. The minimum Gasteiger partial charge on any atom is -0.410 e. The number of benzene rings is 3. The molecule has 196 valence electrons. The Kier molecular flexibility index (Phi) is 11.9. The maximum atomic E-state index is 9.92. The summed E-state index contributed by atoms with van der Waals surface area (Å²) < 4.78 is 6.85. The molecule has 0 amide bonds. The molecule has 3 rings (SSSR count). The molecule has 1 N–H and O–H groups in total. The third kappa shape index (κ3) is 9.41. The van der Waals surface area contributed by atoms with E-state index in [1.165, 1.54) is 54.4 Å². The van der Waals surface area contributed by atoms with E-state index in [0.717, 1.165) is 24.0 Å². The molecule has 3 aromatic carbocycles. The predicted octanol–water partition coefficient (Wildman–Crippen LogP) is 9.11. The van der Waals surface area contributed by atoms with E-state index < -0.39 is 0 Å². The summed E-state index contributed by atoms with van der Waals surface area (Å²) in [6.45, 7) is 9.05. The average molecular weight is 513 g/mol. The molecule has 3 aromatic rings. The van der Waals surface area contributed by atoms with Crippen LogP contribution in [0, 0.1) is 0 Å². The lowest BCUT2D eigenvalue weighted by molar-refractivity contribution is 0.245. The van der Waals surface area contributed by atoms with Gasteiger partial charge in [-0.3, -0.25) is 0 Å². The molecule has 37 heavy (non-hydrogen) atoms. The lowest BCUT2D eigenvalue weighted by Crippen LogP contribution is -2.24. The Labute approximate surface area is 227 Å². The van der Waals surface area contributed by atoms with Crippen molar-refractivity contribution in [2.24, 2.45) is 0 Å². The molecular weight excluding hydrogens is 468 g/mol. The summed E-state index contributed by atoms with van der Waals surface area (Å²) in [5, 5.41) is 10.0. The van der Waals surface area contributed by atoms with Gasteiger partial charge < -0.3 is 9.53 Å². The number of rotatable bonds is 14. The fourth-order valence-electron chi connectivity index (χ4n) is 4.64.